The van der Waals surface area contributed by atoms with Crippen molar-refractivity contribution in [1.82, 2.24) is 0 Å². The number of hydrogen-bond donors (Lipinski definition) is 0. The Morgan fingerprint density at radius 3 is 2.67 bits per heavy atom. The Morgan fingerprint density at radius 1 is 1.53 bits per heavy atom. The molecule has 0 radical (unpaired) electrons. The van der Waals surface area contributed by atoms with Crippen LogP contribution >= 0.6 is 0 Å². The molecule has 1 aliphatic rings. The van der Waals surface area contributed by atoms with Crippen LogP contribution in [0.15, 0.2) is 24.3 Å². The largest absolute Gasteiger partial charge is 0.294 e. The summed E-state index contributed by atoms with van der Waals surface area (Å²) in [6.07, 6.45) is 5.78. The number of carbonyl (C=O) groups is 1. The Morgan fingerprint density at radius 2 is 2.13 bits per heavy atom. The van der Waals surface area contributed by atoms with Crippen LogP contribution in [0.25, 0.3) is 0 Å². The number of carbonyl (C=O) groups excluding carboxylic acids is 1. The molecule has 1 fully saturated rings. The fourth-order valence-electron chi connectivity index (χ4n) is 2.53. The third-order valence-corrected chi connectivity index (χ3v) is 3.62. The molecule has 1 nitrogen and oxygen atoms in total. The highest BCUT2D eigenvalue weighted by Gasteiger charge is 2.40. The van der Waals surface area contributed by atoms with E-state index in [1.165, 1.54) is 0 Å². The molecule has 2 atom stereocenters. The normalized spacial score (nSPS) is 30.8. The van der Waals surface area contributed by atoms with Gasteiger partial charge in [0.25, 0.3) is 0 Å². The van der Waals surface area contributed by atoms with Crippen LogP contribution < -0.4 is 0 Å². The van der Waals surface area contributed by atoms with E-state index in [1.54, 1.807) is 6.08 Å². The zero-order valence-corrected chi connectivity index (χ0v) is 10.3. The molecule has 0 aromatic rings. The van der Waals surface area contributed by atoms with E-state index in [0.29, 0.717) is 5.92 Å². The van der Waals surface area contributed by atoms with Crippen LogP contribution in [0.2, 0.25) is 0 Å². The molecular formula is C14H22O. The number of allylic oxidation sites excluding steroid dienone is 3. The SMILES string of the molecule is C=C1C(C)CCC(C)(C)C1C(=O)/C=C/C. The van der Waals surface area contributed by atoms with Crippen LogP contribution in [0.4, 0.5) is 0 Å². The number of hydrogen-bond acceptors (Lipinski definition) is 1. The molecule has 84 valence electrons. The molecule has 1 aliphatic carbocycles. The van der Waals surface area contributed by atoms with Crippen molar-refractivity contribution in [3.8, 4) is 0 Å². The van der Waals surface area contributed by atoms with E-state index < -0.39 is 0 Å². The zero-order valence-electron chi connectivity index (χ0n) is 10.3. The van der Waals surface area contributed by atoms with Gasteiger partial charge in [-0.1, -0.05) is 39.0 Å². The van der Waals surface area contributed by atoms with Gasteiger partial charge in [-0.25, -0.2) is 0 Å². The minimum absolute atomic E-state index is 0.0115. The summed E-state index contributed by atoms with van der Waals surface area (Å²) in [6, 6.07) is 0. The molecule has 2 unspecified atom stereocenters. The summed E-state index contributed by atoms with van der Waals surface area (Å²) in [5.41, 5.74) is 1.19. The predicted molar refractivity (Wildman–Crippen MR) is 64.6 cm³/mol. The summed E-state index contributed by atoms with van der Waals surface area (Å²) in [5, 5.41) is 0. The summed E-state index contributed by atoms with van der Waals surface area (Å²) in [6.45, 7) is 12.5. The lowest BCUT2D eigenvalue weighted by Crippen LogP contribution is -2.37. The summed E-state index contributed by atoms with van der Waals surface area (Å²) >= 11 is 0. The van der Waals surface area contributed by atoms with E-state index in [-0.39, 0.29) is 17.1 Å². The van der Waals surface area contributed by atoms with Crippen molar-refractivity contribution in [3.05, 3.63) is 24.3 Å². The van der Waals surface area contributed by atoms with Crippen LogP contribution in [0, 0.1) is 17.3 Å². The van der Waals surface area contributed by atoms with Gasteiger partial charge in [-0.05, 0) is 37.2 Å². The molecule has 0 spiro atoms. The standard InChI is InChI=1S/C14H22O/c1-6-7-12(15)13-11(3)10(2)8-9-14(13,4)5/h6-7,10,13H,3,8-9H2,1-2,4-5H3/b7-6+. The van der Waals surface area contributed by atoms with Crippen molar-refractivity contribution in [2.45, 2.75) is 40.5 Å². The van der Waals surface area contributed by atoms with Crippen LogP contribution in [0.1, 0.15) is 40.5 Å². The maximum absolute atomic E-state index is 12.0. The molecule has 0 aromatic carbocycles. The van der Waals surface area contributed by atoms with E-state index in [4.69, 9.17) is 0 Å². The van der Waals surface area contributed by atoms with Crippen molar-refractivity contribution in [1.29, 1.82) is 0 Å². The Kier molecular flexibility index (Phi) is 3.54. The van der Waals surface area contributed by atoms with Crippen molar-refractivity contribution < 1.29 is 4.79 Å². The molecule has 0 saturated heterocycles. The second-order valence-electron chi connectivity index (χ2n) is 5.34. The Bertz CT molecular complexity index is 296. The maximum Gasteiger partial charge on any atom is 0.162 e. The van der Waals surface area contributed by atoms with Gasteiger partial charge in [-0.15, -0.1) is 0 Å². The second kappa shape index (κ2) is 4.34. The summed E-state index contributed by atoms with van der Waals surface area (Å²) in [7, 11) is 0. The van der Waals surface area contributed by atoms with Gasteiger partial charge >= 0.3 is 0 Å². The first kappa shape index (κ1) is 12.2. The molecular weight excluding hydrogens is 184 g/mol. The number of rotatable bonds is 2. The molecule has 1 heteroatoms. The minimum atomic E-state index is 0.0115. The Hall–Kier alpha value is -0.850. The van der Waals surface area contributed by atoms with Crippen molar-refractivity contribution in [3.63, 3.8) is 0 Å². The number of ketones is 1. The summed E-state index contributed by atoms with van der Waals surface area (Å²) in [4.78, 5) is 12.0. The molecule has 0 aliphatic heterocycles. The summed E-state index contributed by atoms with van der Waals surface area (Å²) in [5.74, 6) is 0.716. The van der Waals surface area contributed by atoms with Gasteiger partial charge in [0.05, 0.1) is 0 Å². The lowest BCUT2D eigenvalue weighted by molar-refractivity contribution is -0.121. The van der Waals surface area contributed by atoms with E-state index in [2.05, 4.69) is 27.4 Å². The fraction of sp³-hybridized carbons (Fsp3) is 0.643. The first-order valence-electron chi connectivity index (χ1n) is 5.75. The van der Waals surface area contributed by atoms with E-state index in [0.717, 1.165) is 18.4 Å². The highest BCUT2D eigenvalue weighted by atomic mass is 16.1. The highest BCUT2D eigenvalue weighted by molar-refractivity contribution is 5.94. The van der Waals surface area contributed by atoms with Crippen molar-refractivity contribution in [2.75, 3.05) is 0 Å². The average molecular weight is 206 g/mol. The van der Waals surface area contributed by atoms with Crippen LogP contribution in [0.3, 0.4) is 0 Å². The fourth-order valence-corrected chi connectivity index (χ4v) is 2.53. The quantitative estimate of drug-likeness (QED) is 0.496. The molecule has 0 bridgehead atoms. The topological polar surface area (TPSA) is 17.1 Å². The molecule has 0 heterocycles. The van der Waals surface area contributed by atoms with Gasteiger partial charge in [0.1, 0.15) is 0 Å². The summed E-state index contributed by atoms with van der Waals surface area (Å²) < 4.78 is 0. The smallest absolute Gasteiger partial charge is 0.162 e. The maximum atomic E-state index is 12.0. The Balaban J connectivity index is 2.98. The van der Waals surface area contributed by atoms with Gasteiger partial charge in [0.2, 0.25) is 0 Å². The van der Waals surface area contributed by atoms with Gasteiger partial charge in [-0.3, -0.25) is 4.79 Å². The Labute approximate surface area is 93.3 Å². The monoisotopic (exact) mass is 206 g/mol. The third kappa shape index (κ3) is 2.39. The lowest BCUT2D eigenvalue weighted by Gasteiger charge is -2.41. The van der Waals surface area contributed by atoms with Gasteiger partial charge in [0.15, 0.2) is 5.78 Å². The molecule has 15 heavy (non-hydrogen) atoms. The molecule has 1 rings (SSSR count). The zero-order chi connectivity index (χ0) is 11.6. The minimum Gasteiger partial charge on any atom is -0.294 e. The van der Waals surface area contributed by atoms with Crippen molar-refractivity contribution >= 4 is 5.78 Å². The lowest BCUT2D eigenvalue weighted by atomic mass is 9.62. The molecule has 1 saturated carbocycles. The van der Waals surface area contributed by atoms with Gasteiger partial charge in [-0.2, -0.15) is 0 Å². The average Bonchev–Trinajstić information content (AvgIpc) is 2.12. The van der Waals surface area contributed by atoms with Crippen LogP contribution in [-0.2, 0) is 4.79 Å². The van der Waals surface area contributed by atoms with Gasteiger partial charge < -0.3 is 0 Å². The molecule has 0 aromatic heterocycles. The predicted octanol–water partition coefficient (Wildman–Crippen LogP) is 3.76. The van der Waals surface area contributed by atoms with Crippen LogP contribution in [0.5, 0.6) is 0 Å². The molecule has 0 N–H and O–H groups in total. The first-order chi connectivity index (χ1) is 6.90. The van der Waals surface area contributed by atoms with E-state index in [1.807, 2.05) is 13.0 Å². The second-order valence-corrected chi connectivity index (χ2v) is 5.34. The molecule has 0 amide bonds. The first-order valence-corrected chi connectivity index (χ1v) is 5.75. The van der Waals surface area contributed by atoms with Crippen molar-refractivity contribution in [2.24, 2.45) is 17.3 Å². The van der Waals surface area contributed by atoms with E-state index >= 15 is 0 Å². The third-order valence-electron chi connectivity index (χ3n) is 3.62. The van der Waals surface area contributed by atoms with Crippen LogP contribution in [-0.4, -0.2) is 5.78 Å². The van der Waals surface area contributed by atoms with E-state index in [9.17, 15) is 4.79 Å². The highest BCUT2D eigenvalue weighted by Crippen LogP contribution is 2.46. The van der Waals surface area contributed by atoms with Gasteiger partial charge in [0, 0.05) is 5.92 Å².